The molecule has 0 bridgehead atoms. The Morgan fingerprint density at radius 3 is 2.54 bits per heavy atom. The second-order valence-corrected chi connectivity index (χ2v) is 5.08. The highest BCUT2D eigenvalue weighted by Gasteiger charge is 2.17. The van der Waals surface area contributed by atoms with E-state index in [-0.39, 0.29) is 23.5 Å². The van der Waals surface area contributed by atoms with Crippen molar-refractivity contribution in [2.75, 3.05) is 5.32 Å². The van der Waals surface area contributed by atoms with E-state index in [9.17, 15) is 9.59 Å². The Hall–Kier alpha value is -3.35. The Bertz CT molecular complexity index is 825. The number of amides is 2. The van der Waals surface area contributed by atoms with Crippen molar-refractivity contribution in [3.8, 4) is 0 Å². The molecular formula is C17H15N3O4. The molecule has 0 aliphatic rings. The maximum Gasteiger partial charge on any atom is 0.302 e. The summed E-state index contributed by atoms with van der Waals surface area (Å²) in [6.07, 6.45) is 2.57. The number of furan rings is 1. The standard InChI is InChI=1S/C17H15N3O4/c1-11(12-6-3-2-4-7-12)18-15(21)13-10-24-17(19-13)20-16(22)14-8-5-9-23-14/h2-11H,1H3,(H,18,21)(H,19,20,22). The molecule has 1 aromatic carbocycles. The first kappa shape index (κ1) is 15.5. The van der Waals surface area contributed by atoms with Gasteiger partial charge in [0.1, 0.15) is 6.26 Å². The van der Waals surface area contributed by atoms with E-state index in [1.165, 1.54) is 18.6 Å². The Balaban J connectivity index is 1.62. The van der Waals surface area contributed by atoms with E-state index in [0.29, 0.717) is 0 Å². The summed E-state index contributed by atoms with van der Waals surface area (Å²) >= 11 is 0. The molecule has 0 saturated carbocycles. The van der Waals surface area contributed by atoms with Gasteiger partial charge >= 0.3 is 6.01 Å². The second-order valence-electron chi connectivity index (χ2n) is 5.08. The number of carbonyl (C=O) groups excluding carboxylic acids is 2. The normalized spacial score (nSPS) is 11.7. The number of nitrogens with one attached hydrogen (secondary N) is 2. The zero-order valence-electron chi connectivity index (χ0n) is 12.9. The summed E-state index contributed by atoms with van der Waals surface area (Å²) in [7, 11) is 0. The van der Waals surface area contributed by atoms with Gasteiger partial charge in [0.2, 0.25) is 0 Å². The van der Waals surface area contributed by atoms with Crippen LogP contribution in [-0.4, -0.2) is 16.8 Å². The van der Waals surface area contributed by atoms with Gasteiger partial charge in [-0.25, -0.2) is 0 Å². The predicted molar refractivity (Wildman–Crippen MR) is 85.5 cm³/mol. The van der Waals surface area contributed by atoms with Crippen LogP contribution in [0.5, 0.6) is 0 Å². The van der Waals surface area contributed by atoms with Crippen LogP contribution in [-0.2, 0) is 0 Å². The molecule has 2 aromatic heterocycles. The average Bonchev–Trinajstić information content (AvgIpc) is 3.27. The first-order valence-corrected chi connectivity index (χ1v) is 7.29. The van der Waals surface area contributed by atoms with Crippen LogP contribution in [0.2, 0.25) is 0 Å². The van der Waals surface area contributed by atoms with Gasteiger partial charge in [-0.3, -0.25) is 14.9 Å². The summed E-state index contributed by atoms with van der Waals surface area (Å²) in [6, 6.07) is 12.4. The van der Waals surface area contributed by atoms with Gasteiger partial charge in [0.15, 0.2) is 11.5 Å². The lowest BCUT2D eigenvalue weighted by molar-refractivity contribution is 0.0933. The molecule has 2 amide bonds. The molecule has 0 spiro atoms. The maximum absolute atomic E-state index is 12.2. The molecule has 0 saturated heterocycles. The summed E-state index contributed by atoms with van der Waals surface area (Å²) in [4.78, 5) is 28.0. The fourth-order valence-electron chi connectivity index (χ4n) is 2.10. The molecule has 3 rings (SSSR count). The first-order chi connectivity index (χ1) is 11.6. The summed E-state index contributed by atoms with van der Waals surface area (Å²) in [5, 5.41) is 5.23. The lowest BCUT2D eigenvalue weighted by Gasteiger charge is -2.12. The number of aromatic nitrogens is 1. The topological polar surface area (TPSA) is 97.4 Å². The fourth-order valence-corrected chi connectivity index (χ4v) is 2.10. The number of oxazole rings is 1. The van der Waals surface area contributed by atoms with E-state index >= 15 is 0 Å². The molecule has 0 aliphatic heterocycles. The Labute approximate surface area is 137 Å². The van der Waals surface area contributed by atoms with Crippen LogP contribution in [0.15, 0.2) is 63.8 Å². The number of hydrogen-bond donors (Lipinski definition) is 2. The Kier molecular flexibility index (Phi) is 4.42. The van der Waals surface area contributed by atoms with E-state index < -0.39 is 11.8 Å². The molecule has 24 heavy (non-hydrogen) atoms. The number of rotatable bonds is 5. The molecule has 1 unspecified atom stereocenters. The van der Waals surface area contributed by atoms with Crippen molar-refractivity contribution in [2.24, 2.45) is 0 Å². The zero-order valence-corrected chi connectivity index (χ0v) is 12.9. The lowest BCUT2D eigenvalue weighted by atomic mass is 10.1. The smallest absolute Gasteiger partial charge is 0.302 e. The zero-order chi connectivity index (χ0) is 16.9. The van der Waals surface area contributed by atoms with Crippen LogP contribution < -0.4 is 10.6 Å². The SMILES string of the molecule is CC(NC(=O)c1coc(NC(=O)c2ccco2)n1)c1ccccc1. The van der Waals surface area contributed by atoms with Crippen molar-refractivity contribution >= 4 is 17.8 Å². The summed E-state index contributed by atoms with van der Waals surface area (Å²) < 4.78 is 10.1. The van der Waals surface area contributed by atoms with Crippen molar-refractivity contribution in [2.45, 2.75) is 13.0 Å². The van der Waals surface area contributed by atoms with Crippen LogP contribution in [0, 0.1) is 0 Å². The lowest BCUT2D eigenvalue weighted by Crippen LogP contribution is -2.26. The summed E-state index contributed by atoms with van der Waals surface area (Å²) in [5.41, 5.74) is 1.05. The fraction of sp³-hybridized carbons (Fsp3) is 0.118. The average molecular weight is 325 g/mol. The second kappa shape index (κ2) is 6.82. The largest absolute Gasteiger partial charge is 0.459 e. The van der Waals surface area contributed by atoms with Crippen LogP contribution in [0.1, 0.15) is 39.6 Å². The third-order valence-electron chi connectivity index (χ3n) is 3.35. The number of anilines is 1. The molecule has 0 radical (unpaired) electrons. The quantitative estimate of drug-likeness (QED) is 0.751. The van der Waals surface area contributed by atoms with E-state index in [0.717, 1.165) is 5.56 Å². The van der Waals surface area contributed by atoms with Gasteiger partial charge in [0.25, 0.3) is 11.8 Å². The van der Waals surface area contributed by atoms with E-state index in [1.54, 1.807) is 6.07 Å². The van der Waals surface area contributed by atoms with Crippen molar-refractivity contribution in [3.63, 3.8) is 0 Å². The van der Waals surface area contributed by atoms with Crippen LogP contribution >= 0.6 is 0 Å². The molecule has 3 aromatic rings. The summed E-state index contributed by atoms with van der Waals surface area (Å²) in [5.74, 6) is -0.781. The van der Waals surface area contributed by atoms with Crippen LogP contribution in [0.4, 0.5) is 6.01 Å². The number of hydrogen-bond acceptors (Lipinski definition) is 5. The van der Waals surface area contributed by atoms with Gasteiger partial charge in [0, 0.05) is 0 Å². The summed E-state index contributed by atoms with van der Waals surface area (Å²) in [6.45, 7) is 1.87. The van der Waals surface area contributed by atoms with Crippen molar-refractivity contribution < 1.29 is 18.4 Å². The third kappa shape index (κ3) is 3.52. The van der Waals surface area contributed by atoms with E-state index in [1.807, 2.05) is 37.3 Å². The minimum absolute atomic E-state index is 0.0751. The molecule has 1 atom stereocenters. The maximum atomic E-state index is 12.2. The van der Waals surface area contributed by atoms with Crippen molar-refractivity contribution in [1.82, 2.24) is 10.3 Å². The van der Waals surface area contributed by atoms with Gasteiger partial charge in [-0.2, -0.15) is 4.98 Å². The van der Waals surface area contributed by atoms with Crippen LogP contribution in [0.25, 0.3) is 0 Å². The predicted octanol–water partition coefficient (Wildman–Crippen LogP) is 3.01. The molecular weight excluding hydrogens is 310 g/mol. The number of nitrogens with zero attached hydrogens (tertiary/aromatic N) is 1. The van der Waals surface area contributed by atoms with Gasteiger partial charge < -0.3 is 14.2 Å². The Morgan fingerprint density at radius 2 is 1.83 bits per heavy atom. The molecule has 7 heteroatoms. The highest BCUT2D eigenvalue weighted by molar-refractivity contribution is 6.01. The molecule has 0 fully saturated rings. The molecule has 2 heterocycles. The van der Waals surface area contributed by atoms with Gasteiger partial charge in [0.05, 0.1) is 12.3 Å². The monoisotopic (exact) mass is 325 g/mol. The molecule has 0 aliphatic carbocycles. The van der Waals surface area contributed by atoms with E-state index in [4.69, 9.17) is 8.83 Å². The minimum atomic E-state index is -0.508. The Morgan fingerprint density at radius 1 is 1.04 bits per heavy atom. The van der Waals surface area contributed by atoms with Crippen molar-refractivity contribution in [1.29, 1.82) is 0 Å². The first-order valence-electron chi connectivity index (χ1n) is 7.29. The van der Waals surface area contributed by atoms with Gasteiger partial charge in [-0.05, 0) is 24.6 Å². The highest BCUT2D eigenvalue weighted by Crippen LogP contribution is 2.14. The van der Waals surface area contributed by atoms with Crippen molar-refractivity contribution in [3.05, 3.63) is 72.0 Å². The third-order valence-corrected chi connectivity index (χ3v) is 3.35. The number of benzene rings is 1. The number of carbonyl (C=O) groups is 2. The molecule has 2 N–H and O–H groups in total. The molecule has 122 valence electrons. The molecule has 7 nitrogen and oxygen atoms in total. The van der Waals surface area contributed by atoms with E-state index in [2.05, 4.69) is 15.6 Å². The highest BCUT2D eigenvalue weighted by atomic mass is 16.4. The van der Waals surface area contributed by atoms with Gasteiger partial charge in [-0.1, -0.05) is 30.3 Å². The van der Waals surface area contributed by atoms with Gasteiger partial charge in [-0.15, -0.1) is 0 Å². The minimum Gasteiger partial charge on any atom is -0.459 e. The van der Waals surface area contributed by atoms with Crippen LogP contribution in [0.3, 0.4) is 0 Å².